The molecule has 0 atom stereocenters. The Labute approximate surface area is 78.0 Å². The molecule has 0 radical (unpaired) electrons. The summed E-state index contributed by atoms with van der Waals surface area (Å²) in [6.45, 7) is 0. The summed E-state index contributed by atoms with van der Waals surface area (Å²) in [6, 6.07) is 0. The van der Waals surface area contributed by atoms with Gasteiger partial charge in [-0.1, -0.05) is 18.9 Å². The fourth-order valence-corrected chi connectivity index (χ4v) is 2.51. The zero-order chi connectivity index (χ0) is 9.03. The fourth-order valence-electron chi connectivity index (χ4n) is 1.38. The maximum Gasteiger partial charge on any atom is 0.257 e. The summed E-state index contributed by atoms with van der Waals surface area (Å²) in [6.07, 6.45) is 7.57. The van der Waals surface area contributed by atoms with Gasteiger partial charge in [0, 0.05) is 10.7 Å². The summed E-state index contributed by atoms with van der Waals surface area (Å²) >= 11 is 0. The van der Waals surface area contributed by atoms with Crippen molar-refractivity contribution in [2.45, 2.75) is 38.5 Å². The van der Waals surface area contributed by atoms with Gasteiger partial charge in [0.25, 0.3) is 9.05 Å². The predicted molar refractivity (Wildman–Crippen MR) is 50.6 cm³/mol. The molecule has 0 bridgehead atoms. The molecule has 0 aromatic rings. The lowest BCUT2D eigenvalue weighted by Crippen LogP contribution is -1.97. The van der Waals surface area contributed by atoms with E-state index in [4.69, 9.17) is 10.7 Å². The van der Waals surface area contributed by atoms with Crippen molar-refractivity contribution >= 4 is 19.7 Å². The Balaban J connectivity index is 2.73. The summed E-state index contributed by atoms with van der Waals surface area (Å²) in [4.78, 5) is 0.420. The lowest BCUT2D eigenvalue weighted by molar-refractivity contribution is 0.601. The van der Waals surface area contributed by atoms with Gasteiger partial charge in [0.1, 0.15) is 0 Å². The molecule has 2 nitrogen and oxygen atoms in total. The van der Waals surface area contributed by atoms with Gasteiger partial charge in [0.2, 0.25) is 0 Å². The van der Waals surface area contributed by atoms with Crippen LogP contribution in [0.1, 0.15) is 38.5 Å². The van der Waals surface area contributed by atoms with Crippen molar-refractivity contribution in [1.82, 2.24) is 0 Å². The second-order valence-electron chi connectivity index (χ2n) is 3.06. The van der Waals surface area contributed by atoms with Crippen LogP contribution in [0.15, 0.2) is 11.0 Å². The number of allylic oxidation sites excluding steroid dienone is 2. The average Bonchev–Trinajstić information content (AvgIpc) is 1.81. The van der Waals surface area contributed by atoms with Gasteiger partial charge in [-0.2, -0.15) is 0 Å². The average molecular weight is 209 g/mol. The minimum absolute atomic E-state index is 0.420. The Hall–Kier alpha value is -0.0200. The molecule has 70 valence electrons. The maximum absolute atomic E-state index is 10.9. The monoisotopic (exact) mass is 208 g/mol. The van der Waals surface area contributed by atoms with Crippen molar-refractivity contribution in [2.75, 3.05) is 0 Å². The molecule has 0 saturated carbocycles. The Morgan fingerprint density at radius 1 is 1.17 bits per heavy atom. The molecule has 0 N–H and O–H groups in total. The standard InChI is InChI=1S/C8H13ClO2S/c9-12(10,11)8-6-4-2-1-3-5-7-8/h6H,1-5,7H2/b8-6+. The lowest BCUT2D eigenvalue weighted by atomic mass is 10.1. The molecule has 0 unspecified atom stereocenters. The molecule has 0 spiro atoms. The summed E-state index contributed by atoms with van der Waals surface area (Å²) in [5, 5.41) is 0. The molecule has 12 heavy (non-hydrogen) atoms. The van der Waals surface area contributed by atoms with Crippen LogP contribution in [0.2, 0.25) is 0 Å². The first-order valence-electron chi connectivity index (χ1n) is 4.24. The lowest BCUT2D eigenvalue weighted by Gasteiger charge is -2.07. The maximum atomic E-state index is 10.9. The van der Waals surface area contributed by atoms with Gasteiger partial charge in [-0.25, -0.2) is 8.42 Å². The van der Waals surface area contributed by atoms with Crippen molar-refractivity contribution in [3.63, 3.8) is 0 Å². The third-order valence-electron chi connectivity index (χ3n) is 2.06. The molecule has 0 amide bonds. The van der Waals surface area contributed by atoms with Crippen molar-refractivity contribution in [1.29, 1.82) is 0 Å². The van der Waals surface area contributed by atoms with E-state index in [1.165, 1.54) is 6.42 Å². The minimum Gasteiger partial charge on any atom is -0.207 e. The third-order valence-corrected chi connectivity index (χ3v) is 3.65. The van der Waals surface area contributed by atoms with Gasteiger partial charge in [-0.15, -0.1) is 0 Å². The van der Waals surface area contributed by atoms with E-state index >= 15 is 0 Å². The van der Waals surface area contributed by atoms with Gasteiger partial charge < -0.3 is 0 Å². The highest BCUT2D eigenvalue weighted by atomic mass is 35.7. The first-order chi connectivity index (χ1) is 5.61. The van der Waals surface area contributed by atoms with Crippen molar-refractivity contribution in [3.8, 4) is 0 Å². The Morgan fingerprint density at radius 2 is 1.83 bits per heavy atom. The van der Waals surface area contributed by atoms with Crippen LogP contribution in [0.3, 0.4) is 0 Å². The minimum atomic E-state index is -3.43. The van der Waals surface area contributed by atoms with Gasteiger partial charge >= 0.3 is 0 Å². The SMILES string of the molecule is O=S(=O)(Cl)/C1=C/CCCCCC1. The molecule has 1 rings (SSSR count). The first kappa shape index (κ1) is 10.1. The van der Waals surface area contributed by atoms with Crippen LogP contribution in [0, 0.1) is 0 Å². The van der Waals surface area contributed by atoms with Crippen LogP contribution in [-0.2, 0) is 9.05 Å². The van der Waals surface area contributed by atoms with Crippen LogP contribution in [-0.4, -0.2) is 8.42 Å². The molecule has 0 aliphatic heterocycles. The van der Waals surface area contributed by atoms with Crippen molar-refractivity contribution in [2.24, 2.45) is 0 Å². The largest absolute Gasteiger partial charge is 0.257 e. The van der Waals surface area contributed by atoms with Crippen LogP contribution >= 0.6 is 10.7 Å². The van der Waals surface area contributed by atoms with Crippen molar-refractivity contribution in [3.05, 3.63) is 11.0 Å². The highest BCUT2D eigenvalue weighted by Crippen LogP contribution is 2.23. The number of halogens is 1. The molecule has 0 fully saturated rings. The van der Waals surface area contributed by atoms with E-state index in [1.54, 1.807) is 6.08 Å². The molecule has 1 aliphatic rings. The van der Waals surface area contributed by atoms with E-state index in [0.29, 0.717) is 11.3 Å². The van der Waals surface area contributed by atoms with Gasteiger partial charge in [-0.05, 0) is 25.7 Å². The van der Waals surface area contributed by atoms with Crippen LogP contribution in [0.4, 0.5) is 0 Å². The van der Waals surface area contributed by atoms with Gasteiger partial charge in [0.05, 0.1) is 4.91 Å². The zero-order valence-corrected chi connectivity index (χ0v) is 8.50. The zero-order valence-electron chi connectivity index (χ0n) is 6.92. The number of hydrogen-bond acceptors (Lipinski definition) is 2. The Kier molecular flexibility index (Phi) is 3.59. The highest BCUT2D eigenvalue weighted by molar-refractivity contribution is 8.16. The van der Waals surface area contributed by atoms with E-state index < -0.39 is 9.05 Å². The molecule has 0 heterocycles. The molecule has 0 aromatic heterocycles. The van der Waals surface area contributed by atoms with E-state index in [-0.39, 0.29) is 0 Å². The highest BCUT2D eigenvalue weighted by Gasteiger charge is 2.14. The second kappa shape index (κ2) is 4.28. The molecule has 0 saturated heterocycles. The first-order valence-corrected chi connectivity index (χ1v) is 6.55. The summed E-state index contributed by atoms with van der Waals surface area (Å²) in [5.41, 5.74) is 0. The smallest absolute Gasteiger partial charge is 0.207 e. The molecular formula is C8H13ClO2S. The van der Waals surface area contributed by atoms with Gasteiger partial charge in [-0.3, -0.25) is 0 Å². The molecule has 4 heteroatoms. The molecule has 0 aromatic carbocycles. The quantitative estimate of drug-likeness (QED) is 0.621. The van der Waals surface area contributed by atoms with Gasteiger partial charge in [0.15, 0.2) is 0 Å². The van der Waals surface area contributed by atoms with E-state index in [1.807, 2.05) is 0 Å². The number of rotatable bonds is 1. The molecular weight excluding hydrogens is 196 g/mol. The fraction of sp³-hybridized carbons (Fsp3) is 0.750. The van der Waals surface area contributed by atoms with Crippen LogP contribution in [0.25, 0.3) is 0 Å². The topological polar surface area (TPSA) is 34.1 Å². The van der Waals surface area contributed by atoms with Crippen molar-refractivity contribution < 1.29 is 8.42 Å². The normalized spacial score (nSPS) is 25.2. The third kappa shape index (κ3) is 3.15. The van der Waals surface area contributed by atoms with Crippen LogP contribution < -0.4 is 0 Å². The Bertz CT molecular complexity index is 267. The van der Waals surface area contributed by atoms with E-state index in [0.717, 1.165) is 25.7 Å². The van der Waals surface area contributed by atoms with E-state index in [2.05, 4.69) is 0 Å². The Morgan fingerprint density at radius 3 is 2.50 bits per heavy atom. The molecule has 1 aliphatic carbocycles. The summed E-state index contributed by atoms with van der Waals surface area (Å²) in [5.74, 6) is 0. The number of hydrogen-bond donors (Lipinski definition) is 0. The second-order valence-corrected chi connectivity index (χ2v) is 5.68. The van der Waals surface area contributed by atoms with E-state index in [9.17, 15) is 8.42 Å². The predicted octanol–water partition coefficient (Wildman–Crippen LogP) is 2.79. The summed E-state index contributed by atoms with van der Waals surface area (Å²) in [7, 11) is 1.81. The summed E-state index contributed by atoms with van der Waals surface area (Å²) < 4.78 is 21.9. The van der Waals surface area contributed by atoms with Crippen LogP contribution in [0.5, 0.6) is 0 Å².